The lowest BCUT2D eigenvalue weighted by Gasteiger charge is -2.29. The van der Waals surface area contributed by atoms with Crippen LogP contribution in [0.15, 0.2) is 60.8 Å². The minimum absolute atomic E-state index is 0.155. The molecule has 1 fully saturated rings. The minimum Gasteiger partial charge on any atom is -0.482 e. The van der Waals surface area contributed by atoms with E-state index in [0.29, 0.717) is 46.7 Å². The minimum atomic E-state index is -0.422. The smallest absolute Gasteiger partial charge is 0.344 e. The Morgan fingerprint density at radius 3 is 2.37 bits per heavy atom. The number of amides is 2. The molecule has 10 nitrogen and oxygen atoms in total. The van der Waals surface area contributed by atoms with Crippen LogP contribution in [0.25, 0.3) is 0 Å². The number of nitrogens with one attached hydrogen (secondary N) is 3. The molecule has 3 N–H and O–H groups in total. The summed E-state index contributed by atoms with van der Waals surface area (Å²) >= 11 is 5.53. The van der Waals surface area contributed by atoms with Gasteiger partial charge in [-0.3, -0.25) is 15.0 Å². The van der Waals surface area contributed by atoms with Gasteiger partial charge in [-0.15, -0.1) is 0 Å². The molecule has 0 radical (unpaired) electrons. The van der Waals surface area contributed by atoms with Gasteiger partial charge in [-0.2, -0.15) is 0 Å². The molecule has 4 rings (SSSR count). The number of hydrogen-bond acceptors (Lipinski definition) is 7. The van der Waals surface area contributed by atoms with Crippen molar-refractivity contribution in [1.82, 2.24) is 9.88 Å². The Hall–Kier alpha value is -4.44. The van der Waals surface area contributed by atoms with E-state index in [1.54, 1.807) is 49.4 Å². The maximum atomic E-state index is 12.7. The third-order valence-corrected chi connectivity index (χ3v) is 6.36. The van der Waals surface area contributed by atoms with Gasteiger partial charge in [0.15, 0.2) is 6.61 Å². The molecule has 2 aromatic carbocycles. The van der Waals surface area contributed by atoms with E-state index in [1.165, 1.54) is 12.6 Å². The molecule has 1 saturated heterocycles. The highest BCUT2D eigenvalue weighted by molar-refractivity contribution is 6.30. The maximum Gasteiger partial charge on any atom is 0.344 e. The zero-order valence-corrected chi connectivity index (χ0v) is 23.9. The lowest BCUT2D eigenvalue weighted by Crippen LogP contribution is -2.35. The molecular weight excluding hydrogens is 546 g/mol. The number of nitrogens with zero attached hydrogens (tertiary/aromatic N) is 2. The largest absolute Gasteiger partial charge is 0.482 e. The van der Waals surface area contributed by atoms with Gasteiger partial charge in [0.1, 0.15) is 17.4 Å². The SMILES string of the molecule is CCOC(=O)COc1ccc(NC(=O)c2ccc(C(=N)N3CCCCC3)cc2)c(C)c1.O=CNc1ccc(Cl)cn1. The van der Waals surface area contributed by atoms with Crippen LogP contribution >= 0.6 is 11.6 Å². The average molecular weight is 580 g/mol. The van der Waals surface area contributed by atoms with E-state index < -0.39 is 5.97 Å². The zero-order valence-electron chi connectivity index (χ0n) is 23.1. The molecule has 0 spiro atoms. The summed E-state index contributed by atoms with van der Waals surface area (Å²) in [5.41, 5.74) is 2.83. The number of benzene rings is 2. The van der Waals surface area contributed by atoms with Gasteiger partial charge in [0.25, 0.3) is 5.91 Å². The summed E-state index contributed by atoms with van der Waals surface area (Å²) in [6.07, 6.45) is 5.49. The molecule has 0 aliphatic carbocycles. The number of halogens is 1. The predicted molar refractivity (Wildman–Crippen MR) is 159 cm³/mol. The molecule has 0 bridgehead atoms. The number of aromatic nitrogens is 1. The van der Waals surface area contributed by atoms with E-state index in [9.17, 15) is 14.4 Å². The summed E-state index contributed by atoms with van der Waals surface area (Å²) in [5, 5.41) is 14.2. The van der Waals surface area contributed by atoms with Crippen LogP contribution in [0.2, 0.25) is 5.02 Å². The lowest BCUT2D eigenvalue weighted by atomic mass is 10.1. The molecule has 3 aromatic rings. The molecule has 0 unspecified atom stereocenters. The number of pyridine rings is 1. The summed E-state index contributed by atoms with van der Waals surface area (Å²) in [6.45, 7) is 5.59. The van der Waals surface area contributed by atoms with E-state index in [1.807, 2.05) is 19.1 Å². The van der Waals surface area contributed by atoms with Gasteiger partial charge < -0.3 is 25.0 Å². The molecule has 216 valence electrons. The number of aryl methyl sites for hydroxylation is 1. The Labute approximate surface area is 244 Å². The molecular formula is C30H34ClN5O5. The van der Waals surface area contributed by atoms with Crippen LogP contribution in [-0.2, 0) is 14.3 Å². The Bertz CT molecular complexity index is 1330. The van der Waals surface area contributed by atoms with Gasteiger partial charge in [0, 0.05) is 36.1 Å². The number of amidine groups is 1. The monoisotopic (exact) mass is 579 g/mol. The van der Waals surface area contributed by atoms with E-state index >= 15 is 0 Å². The Morgan fingerprint density at radius 1 is 1.05 bits per heavy atom. The van der Waals surface area contributed by atoms with Crippen molar-refractivity contribution in [3.8, 4) is 5.75 Å². The number of carbonyl (C=O) groups excluding carboxylic acids is 3. The molecule has 2 amide bonds. The number of esters is 1. The van der Waals surface area contributed by atoms with Gasteiger partial charge in [-0.1, -0.05) is 23.7 Å². The van der Waals surface area contributed by atoms with E-state index in [4.69, 9.17) is 26.5 Å². The van der Waals surface area contributed by atoms with Crippen LogP contribution in [0.5, 0.6) is 5.75 Å². The Balaban J connectivity index is 0.000000389. The third kappa shape index (κ3) is 9.91. The van der Waals surface area contributed by atoms with Crippen LogP contribution < -0.4 is 15.4 Å². The summed E-state index contributed by atoms with van der Waals surface area (Å²) in [4.78, 5) is 39.8. The second-order valence-corrected chi connectivity index (χ2v) is 9.56. The van der Waals surface area contributed by atoms with Gasteiger partial charge in [-0.25, -0.2) is 9.78 Å². The fourth-order valence-corrected chi connectivity index (χ4v) is 4.12. The van der Waals surface area contributed by atoms with Crippen LogP contribution in [0.4, 0.5) is 11.5 Å². The molecule has 41 heavy (non-hydrogen) atoms. The first kappa shape index (κ1) is 31.1. The predicted octanol–water partition coefficient (Wildman–Crippen LogP) is 5.30. The molecule has 0 saturated carbocycles. The number of likely N-dealkylation sites (tertiary alicyclic amines) is 1. The zero-order chi connectivity index (χ0) is 29.6. The molecule has 11 heteroatoms. The van der Waals surface area contributed by atoms with Gasteiger partial charge >= 0.3 is 5.97 Å². The fourth-order valence-electron chi connectivity index (χ4n) is 4.01. The second-order valence-electron chi connectivity index (χ2n) is 9.12. The van der Waals surface area contributed by atoms with Gasteiger partial charge in [0.2, 0.25) is 6.41 Å². The summed E-state index contributed by atoms with van der Waals surface area (Å²) < 4.78 is 10.3. The number of piperidine rings is 1. The Morgan fingerprint density at radius 2 is 1.76 bits per heavy atom. The molecule has 2 heterocycles. The molecule has 1 aliphatic rings. The number of hydrogen-bond donors (Lipinski definition) is 3. The highest BCUT2D eigenvalue weighted by atomic mass is 35.5. The second kappa shape index (κ2) is 16.0. The normalized spacial score (nSPS) is 12.3. The highest BCUT2D eigenvalue weighted by Gasteiger charge is 2.16. The van der Waals surface area contributed by atoms with Gasteiger partial charge in [0.05, 0.1) is 11.6 Å². The standard InChI is InChI=1S/C24H29N3O4.C6H5ClN2O/c1-3-30-22(28)16-31-20-11-12-21(17(2)15-20)26-24(29)19-9-7-18(8-10-19)23(25)27-13-5-4-6-14-27;7-5-1-2-6(8-3-5)9-4-10/h7-12,15,25H,3-6,13-14,16H2,1-2H3,(H,26,29);1-4H,(H,8,9,10). The van der Waals surface area contributed by atoms with Crippen molar-refractivity contribution in [1.29, 1.82) is 5.41 Å². The lowest BCUT2D eigenvalue weighted by molar-refractivity contribution is -0.145. The number of ether oxygens (including phenoxy) is 2. The molecule has 0 atom stereocenters. The fraction of sp³-hybridized carbons (Fsp3) is 0.300. The first-order valence-electron chi connectivity index (χ1n) is 13.3. The van der Waals surface area contributed by atoms with Crippen molar-refractivity contribution >= 4 is 47.2 Å². The first-order valence-corrected chi connectivity index (χ1v) is 13.6. The summed E-state index contributed by atoms with van der Waals surface area (Å²) in [7, 11) is 0. The van der Waals surface area contributed by atoms with E-state index in [0.717, 1.165) is 37.1 Å². The number of carbonyl (C=O) groups is 3. The van der Waals surface area contributed by atoms with Crippen LogP contribution in [0, 0.1) is 12.3 Å². The number of rotatable bonds is 9. The number of anilines is 2. The van der Waals surface area contributed by atoms with Gasteiger partial charge in [-0.05, 0) is 81.1 Å². The Kier molecular flexibility index (Phi) is 12.1. The summed E-state index contributed by atoms with van der Waals surface area (Å²) in [6, 6.07) is 15.6. The van der Waals surface area contributed by atoms with E-state index in [2.05, 4.69) is 20.5 Å². The van der Waals surface area contributed by atoms with Crippen molar-refractivity contribution < 1.29 is 23.9 Å². The van der Waals surface area contributed by atoms with Crippen LogP contribution in [0.3, 0.4) is 0 Å². The molecule has 1 aromatic heterocycles. The van der Waals surface area contributed by atoms with Crippen LogP contribution in [-0.4, -0.2) is 60.3 Å². The van der Waals surface area contributed by atoms with E-state index in [-0.39, 0.29) is 12.5 Å². The highest BCUT2D eigenvalue weighted by Crippen LogP contribution is 2.22. The molecule has 1 aliphatic heterocycles. The average Bonchev–Trinajstić information content (AvgIpc) is 2.99. The first-order chi connectivity index (χ1) is 19.8. The topological polar surface area (TPSA) is 134 Å². The maximum absolute atomic E-state index is 12.7. The van der Waals surface area contributed by atoms with Crippen molar-refractivity contribution in [2.75, 3.05) is 36.9 Å². The van der Waals surface area contributed by atoms with Crippen molar-refractivity contribution in [2.45, 2.75) is 33.1 Å². The van der Waals surface area contributed by atoms with Crippen LogP contribution in [0.1, 0.15) is 47.7 Å². The quantitative estimate of drug-likeness (QED) is 0.135. The third-order valence-electron chi connectivity index (χ3n) is 6.14. The van der Waals surface area contributed by atoms with Crippen molar-refractivity contribution in [3.05, 3.63) is 82.5 Å². The van der Waals surface area contributed by atoms with Crippen molar-refractivity contribution in [2.24, 2.45) is 0 Å². The van der Waals surface area contributed by atoms with Crippen molar-refractivity contribution in [3.63, 3.8) is 0 Å². The summed E-state index contributed by atoms with van der Waals surface area (Å²) in [5.74, 6) is 0.901.